The molecule has 2 N–H and O–H groups in total. The highest BCUT2D eigenvalue weighted by molar-refractivity contribution is 4.89. The van der Waals surface area contributed by atoms with Gasteiger partial charge in [-0.25, -0.2) is 0 Å². The van der Waals surface area contributed by atoms with Crippen LogP contribution in [0.15, 0.2) is 0 Å². The van der Waals surface area contributed by atoms with E-state index in [4.69, 9.17) is 5.73 Å². The van der Waals surface area contributed by atoms with Crippen molar-refractivity contribution in [2.24, 2.45) is 5.73 Å². The lowest BCUT2D eigenvalue weighted by atomic mass is 10.0. The van der Waals surface area contributed by atoms with Crippen molar-refractivity contribution >= 4 is 0 Å². The van der Waals surface area contributed by atoms with E-state index in [9.17, 15) is 0 Å². The third kappa shape index (κ3) is 2.47. The Morgan fingerprint density at radius 3 is 2.43 bits per heavy atom. The molecule has 2 aliphatic rings. The van der Waals surface area contributed by atoms with Crippen molar-refractivity contribution in [2.75, 3.05) is 32.7 Å². The van der Waals surface area contributed by atoms with Crippen LogP contribution in [0.5, 0.6) is 0 Å². The van der Waals surface area contributed by atoms with Crippen LogP contribution in [0, 0.1) is 0 Å². The minimum atomic E-state index is 0.331. The van der Waals surface area contributed by atoms with Gasteiger partial charge in [0.15, 0.2) is 0 Å². The second-order valence-electron chi connectivity index (χ2n) is 4.95. The summed E-state index contributed by atoms with van der Waals surface area (Å²) in [6.45, 7) is 8.33. The first-order valence-corrected chi connectivity index (χ1v) is 5.97. The van der Waals surface area contributed by atoms with Crippen LogP contribution in [0.1, 0.15) is 26.2 Å². The summed E-state index contributed by atoms with van der Waals surface area (Å²) < 4.78 is 0. The maximum Gasteiger partial charge on any atom is 0.0350 e. The molecule has 0 radical (unpaired) electrons. The van der Waals surface area contributed by atoms with Gasteiger partial charge in [0.2, 0.25) is 0 Å². The number of rotatable bonds is 3. The maximum atomic E-state index is 5.77. The topological polar surface area (TPSA) is 32.5 Å². The lowest BCUT2D eigenvalue weighted by Crippen LogP contribution is -2.61. The van der Waals surface area contributed by atoms with Gasteiger partial charge in [-0.15, -0.1) is 0 Å². The number of hydrogen-bond donors (Lipinski definition) is 1. The zero-order chi connectivity index (χ0) is 9.97. The van der Waals surface area contributed by atoms with Gasteiger partial charge in [-0.1, -0.05) is 6.42 Å². The van der Waals surface area contributed by atoms with Crippen LogP contribution in [-0.4, -0.2) is 54.6 Å². The third-order valence-corrected chi connectivity index (χ3v) is 3.39. The fraction of sp³-hybridized carbons (Fsp3) is 1.00. The van der Waals surface area contributed by atoms with Crippen LogP contribution in [0.2, 0.25) is 0 Å². The summed E-state index contributed by atoms with van der Waals surface area (Å²) in [5.74, 6) is 0. The fourth-order valence-electron chi connectivity index (χ4n) is 2.61. The van der Waals surface area contributed by atoms with E-state index in [1.54, 1.807) is 0 Å². The van der Waals surface area contributed by atoms with E-state index in [-0.39, 0.29) is 0 Å². The van der Waals surface area contributed by atoms with Crippen LogP contribution < -0.4 is 5.73 Å². The van der Waals surface area contributed by atoms with Gasteiger partial charge < -0.3 is 5.73 Å². The Hall–Kier alpha value is -0.120. The van der Waals surface area contributed by atoms with E-state index in [1.807, 2.05) is 0 Å². The van der Waals surface area contributed by atoms with E-state index < -0.39 is 0 Å². The minimum absolute atomic E-state index is 0.331. The summed E-state index contributed by atoms with van der Waals surface area (Å²) in [5, 5.41) is 0. The number of nitrogens with zero attached hydrogens (tertiary/aromatic N) is 2. The minimum Gasteiger partial charge on any atom is -0.327 e. The zero-order valence-corrected chi connectivity index (χ0v) is 9.28. The van der Waals surface area contributed by atoms with E-state index in [2.05, 4.69) is 16.7 Å². The van der Waals surface area contributed by atoms with Gasteiger partial charge in [0.25, 0.3) is 0 Å². The van der Waals surface area contributed by atoms with Crippen LogP contribution in [-0.2, 0) is 0 Å². The predicted octanol–water partition coefficient (Wildman–Crippen LogP) is 0.504. The van der Waals surface area contributed by atoms with Crippen LogP contribution in [0.25, 0.3) is 0 Å². The first-order chi connectivity index (χ1) is 6.75. The second-order valence-corrected chi connectivity index (χ2v) is 4.95. The van der Waals surface area contributed by atoms with Gasteiger partial charge in [0.1, 0.15) is 0 Å². The molecular formula is C11H23N3. The first-order valence-electron chi connectivity index (χ1n) is 5.97. The Bertz CT molecular complexity index is 169. The second kappa shape index (κ2) is 4.60. The van der Waals surface area contributed by atoms with Gasteiger partial charge >= 0.3 is 0 Å². The average Bonchev–Trinajstić information content (AvgIpc) is 2.12. The lowest BCUT2D eigenvalue weighted by Gasteiger charge is -2.47. The van der Waals surface area contributed by atoms with Crippen LogP contribution in [0.4, 0.5) is 0 Å². The molecule has 0 amide bonds. The molecule has 14 heavy (non-hydrogen) atoms. The zero-order valence-electron chi connectivity index (χ0n) is 9.28. The SMILES string of the molecule is CC(N)CN1CC(N2CCCCC2)C1. The molecule has 82 valence electrons. The molecule has 0 aromatic carbocycles. The van der Waals surface area contributed by atoms with Crippen LogP contribution >= 0.6 is 0 Å². The van der Waals surface area contributed by atoms with E-state index in [0.717, 1.165) is 12.6 Å². The molecule has 0 aliphatic carbocycles. The van der Waals surface area contributed by atoms with E-state index >= 15 is 0 Å². The van der Waals surface area contributed by atoms with Gasteiger partial charge in [0, 0.05) is 31.7 Å². The summed E-state index contributed by atoms with van der Waals surface area (Å²) in [6.07, 6.45) is 4.25. The summed E-state index contributed by atoms with van der Waals surface area (Å²) in [6, 6.07) is 1.17. The molecule has 2 rings (SSSR count). The molecule has 0 bridgehead atoms. The molecule has 3 heteroatoms. The van der Waals surface area contributed by atoms with Crippen molar-refractivity contribution in [2.45, 2.75) is 38.3 Å². The summed E-state index contributed by atoms with van der Waals surface area (Å²) in [7, 11) is 0. The van der Waals surface area contributed by atoms with Crippen molar-refractivity contribution in [1.29, 1.82) is 0 Å². The normalized spacial score (nSPS) is 28.7. The Labute approximate surface area is 87.2 Å². The molecule has 0 spiro atoms. The Kier molecular flexibility index (Phi) is 3.42. The smallest absolute Gasteiger partial charge is 0.0350 e. The summed E-state index contributed by atoms with van der Waals surface area (Å²) >= 11 is 0. The standard InChI is InChI=1S/C11H23N3/c1-10(12)7-13-8-11(9-13)14-5-3-2-4-6-14/h10-11H,2-9,12H2,1H3. The lowest BCUT2D eigenvalue weighted by molar-refractivity contribution is 0.0212. The third-order valence-electron chi connectivity index (χ3n) is 3.39. The average molecular weight is 197 g/mol. The van der Waals surface area contributed by atoms with Gasteiger partial charge in [-0.3, -0.25) is 9.80 Å². The molecule has 1 atom stereocenters. The molecule has 2 aliphatic heterocycles. The maximum absolute atomic E-state index is 5.77. The molecule has 0 aromatic heterocycles. The highest BCUT2D eigenvalue weighted by Crippen LogP contribution is 2.19. The van der Waals surface area contributed by atoms with E-state index in [0.29, 0.717) is 6.04 Å². The monoisotopic (exact) mass is 197 g/mol. The fourth-order valence-corrected chi connectivity index (χ4v) is 2.61. The summed E-state index contributed by atoms with van der Waals surface area (Å²) in [5.41, 5.74) is 5.77. The van der Waals surface area contributed by atoms with Crippen molar-refractivity contribution in [3.05, 3.63) is 0 Å². The van der Waals surface area contributed by atoms with Crippen molar-refractivity contribution < 1.29 is 0 Å². The Morgan fingerprint density at radius 1 is 1.21 bits per heavy atom. The largest absolute Gasteiger partial charge is 0.327 e. The Balaban J connectivity index is 1.66. The molecule has 3 nitrogen and oxygen atoms in total. The highest BCUT2D eigenvalue weighted by Gasteiger charge is 2.32. The van der Waals surface area contributed by atoms with Gasteiger partial charge in [-0.05, 0) is 32.9 Å². The molecule has 1 unspecified atom stereocenters. The highest BCUT2D eigenvalue weighted by atomic mass is 15.3. The quantitative estimate of drug-likeness (QED) is 0.715. The van der Waals surface area contributed by atoms with Crippen LogP contribution in [0.3, 0.4) is 0 Å². The van der Waals surface area contributed by atoms with Gasteiger partial charge in [-0.2, -0.15) is 0 Å². The number of likely N-dealkylation sites (tertiary alicyclic amines) is 2. The molecule has 0 saturated carbocycles. The number of piperidine rings is 1. The van der Waals surface area contributed by atoms with Crippen molar-refractivity contribution in [3.8, 4) is 0 Å². The van der Waals surface area contributed by atoms with E-state index in [1.165, 1.54) is 45.4 Å². The molecule has 2 saturated heterocycles. The molecule has 2 fully saturated rings. The first kappa shape index (κ1) is 10.4. The molecule has 0 aromatic rings. The predicted molar refractivity (Wildman–Crippen MR) is 59.3 cm³/mol. The summed E-state index contributed by atoms with van der Waals surface area (Å²) in [4.78, 5) is 5.14. The molecule has 2 heterocycles. The number of hydrogen-bond acceptors (Lipinski definition) is 3. The Morgan fingerprint density at radius 2 is 1.86 bits per heavy atom. The molecular weight excluding hydrogens is 174 g/mol. The number of nitrogens with two attached hydrogens (primary N) is 1. The van der Waals surface area contributed by atoms with Crippen molar-refractivity contribution in [1.82, 2.24) is 9.80 Å². The van der Waals surface area contributed by atoms with Gasteiger partial charge in [0.05, 0.1) is 0 Å². The van der Waals surface area contributed by atoms with Crippen molar-refractivity contribution in [3.63, 3.8) is 0 Å².